The number of nitrogens with zero attached hydrogens (tertiary/aromatic N) is 3. The Balaban J connectivity index is 1.39. The summed E-state index contributed by atoms with van der Waals surface area (Å²) in [6.07, 6.45) is 4.55. The van der Waals surface area contributed by atoms with Gasteiger partial charge in [0.15, 0.2) is 0 Å². The highest BCUT2D eigenvalue weighted by atomic mass is 32.1. The minimum absolute atomic E-state index is 0.272. The van der Waals surface area contributed by atoms with Crippen LogP contribution in [0, 0.1) is 11.3 Å². The first-order valence-electron chi connectivity index (χ1n) is 9.96. The number of hydrogen-bond acceptors (Lipinski definition) is 4. The molecule has 0 radical (unpaired) electrons. The summed E-state index contributed by atoms with van der Waals surface area (Å²) in [6.45, 7) is 7.83. The first-order valence-corrected chi connectivity index (χ1v) is 10.9. The van der Waals surface area contributed by atoms with E-state index in [4.69, 9.17) is 4.74 Å². The van der Waals surface area contributed by atoms with Crippen LogP contribution in [-0.2, 0) is 11.3 Å². The maximum absolute atomic E-state index is 12.7. The van der Waals surface area contributed by atoms with E-state index in [1.165, 1.54) is 5.56 Å². The van der Waals surface area contributed by atoms with Gasteiger partial charge < -0.3 is 14.5 Å². The molecule has 0 bridgehead atoms. The molecule has 0 N–H and O–H groups in total. The lowest BCUT2D eigenvalue weighted by Crippen LogP contribution is -2.50. The van der Waals surface area contributed by atoms with Gasteiger partial charge in [-0.2, -0.15) is 11.3 Å². The van der Waals surface area contributed by atoms with Crippen molar-refractivity contribution in [3.8, 4) is 0 Å². The summed E-state index contributed by atoms with van der Waals surface area (Å²) in [6, 6.07) is 2.51. The number of carbonyl (C=O) groups is 1. The Morgan fingerprint density at radius 2 is 1.96 bits per heavy atom. The van der Waals surface area contributed by atoms with E-state index < -0.39 is 0 Å². The largest absolute Gasteiger partial charge is 0.384 e. The molecule has 3 saturated heterocycles. The van der Waals surface area contributed by atoms with Gasteiger partial charge in [-0.3, -0.25) is 4.90 Å². The summed E-state index contributed by atoms with van der Waals surface area (Å²) in [4.78, 5) is 19.4. The SMILES string of the molecule is COC[C@H]1CN(Cc2ccsc2)CC12CCN(C(=O)N1CCCC1)CC2. The van der Waals surface area contributed by atoms with Crippen molar-refractivity contribution < 1.29 is 9.53 Å². The third-order valence-corrected chi connectivity index (χ3v) is 7.38. The molecular formula is C20H31N3O2S. The number of carbonyl (C=O) groups excluding carboxylic acids is 1. The van der Waals surface area contributed by atoms with Crippen LogP contribution in [-0.4, -0.2) is 73.7 Å². The number of piperidine rings is 1. The first kappa shape index (κ1) is 18.3. The summed E-state index contributed by atoms with van der Waals surface area (Å²) in [5.74, 6) is 0.579. The Morgan fingerprint density at radius 1 is 1.23 bits per heavy atom. The molecule has 26 heavy (non-hydrogen) atoms. The van der Waals surface area contributed by atoms with E-state index in [2.05, 4.69) is 26.6 Å². The molecule has 1 spiro atoms. The van der Waals surface area contributed by atoms with E-state index in [0.29, 0.717) is 11.3 Å². The van der Waals surface area contributed by atoms with Gasteiger partial charge in [-0.15, -0.1) is 0 Å². The molecule has 2 amide bonds. The molecule has 1 atom stereocenters. The zero-order chi connectivity index (χ0) is 18.0. The van der Waals surface area contributed by atoms with Crippen molar-refractivity contribution in [2.24, 2.45) is 11.3 Å². The van der Waals surface area contributed by atoms with Crippen LogP contribution in [0.2, 0.25) is 0 Å². The lowest BCUT2D eigenvalue weighted by molar-refractivity contribution is 0.0423. The molecule has 0 aliphatic carbocycles. The second-order valence-electron chi connectivity index (χ2n) is 8.28. The zero-order valence-electron chi connectivity index (χ0n) is 15.9. The van der Waals surface area contributed by atoms with E-state index in [9.17, 15) is 4.79 Å². The molecule has 3 fully saturated rings. The van der Waals surface area contributed by atoms with Crippen molar-refractivity contribution >= 4 is 17.4 Å². The molecule has 144 valence electrons. The van der Waals surface area contributed by atoms with Gasteiger partial charge in [0.1, 0.15) is 0 Å². The molecule has 1 aromatic heterocycles. The monoisotopic (exact) mass is 377 g/mol. The van der Waals surface area contributed by atoms with Crippen LogP contribution < -0.4 is 0 Å². The van der Waals surface area contributed by atoms with Crippen molar-refractivity contribution in [1.29, 1.82) is 0 Å². The number of ether oxygens (including phenoxy) is 1. The molecule has 0 unspecified atom stereocenters. The quantitative estimate of drug-likeness (QED) is 0.809. The average Bonchev–Trinajstić information content (AvgIpc) is 3.39. The van der Waals surface area contributed by atoms with Gasteiger partial charge in [-0.1, -0.05) is 0 Å². The number of urea groups is 1. The topological polar surface area (TPSA) is 36.0 Å². The predicted octanol–water partition coefficient (Wildman–Crippen LogP) is 3.12. The van der Waals surface area contributed by atoms with Crippen LogP contribution in [0.1, 0.15) is 31.2 Å². The van der Waals surface area contributed by atoms with Crippen LogP contribution >= 0.6 is 11.3 Å². The number of likely N-dealkylation sites (tertiary alicyclic amines) is 3. The van der Waals surface area contributed by atoms with Crippen LogP contribution in [0.5, 0.6) is 0 Å². The Labute approximate surface area is 160 Å². The lowest BCUT2D eigenvalue weighted by Gasteiger charge is -2.43. The standard InChI is InChI=1S/C20H31N3O2S/c1-25-14-18-13-21(12-17-4-11-26-15-17)16-20(18)5-9-23(10-6-20)19(24)22-7-2-3-8-22/h4,11,15,18H,2-3,5-10,12-14,16H2,1H3/t18-/m1/s1. The number of rotatable bonds is 4. The highest BCUT2D eigenvalue weighted by Crippen LogP contribution is 2.45. The van der Waals surface area contributed by atoms with Gasteiger partial charge in [0.2, 0.25) is 0 Å². The molecule has 1 aromatic rings. The van der Waals surface area contributed by atoms with Crippen molar-refractivity contribution in [1.82, 2.24) is 14.7 Å². The highest BCUT2D eigenvalue weighted by molar-refractivity contribution is 7.07. The average molecular weight is 378 g/mol. The van der Waals surface area contributed by atoms with Gasteiger partial charge in [0, 0.05) is 58.8 Å². The van der Waals surface area contributed by atoms with Gasteiger partial charge in [0.25, 0.3) is 0 Å². The Hall–Kier alpha value is -1.11. The fourth-order valence-corrected chi connectivity index (χ4v) is 5.81. The molecule has 6 heteroatoms. The minimum Gasteiger partial charge on any atom is -0.384 e. The van der Waals surface area contributed by atoms with Gasteiger partial charge in [0.05, 0.1) is 6.61 Å². The molecule has 3 aliphatic rings. The lowest BCUT2D eigenvalue weighted by atomic mass is 9.71. The normalized spacial score (nSPS) is 26.1. The fraction of sp³-hybridized carbons (Fsp3) is 0.750. The highest BCUT2D eigenvalue weighted by Gasteiger charge is 2.48. The van der Waals surface area contributed by atoms with Gasteiger partial charge in [-0.05, 0) is 53.5 Å². The van der Waals surface area contributed by atoms with E-state index in [1.807, 2.05) is 12.0 Å². The van der Waals surface area contributed by atoms with E-state index in [-0.39, 0.29) is 6.03 Å². The molecule has 3 aliphatic heterocycles. The number of hydrogen-bond donors (Lipinski definition) is 0. The Morgan fingerprint density at radius 3 is 2.62 bits per heavy atom. The third kappa shape index (κ3) is 3.64. The van der Waals surface area contributed by atoms with Crippen LogP contribution in [0.25, 0.3) is 0 Å². The summed E-state index contributed by atoms with van der Waals surface area (Å²) in [5, 5.41) is 4.42. The van der Waals surface area contributed by atoms with E-state index in [1.54, 1.807) is 11.3 Å². The Kier molecular flexibility index (Phi) is 5.53. The first-order chi connectivity index (χ1) is 12.7. The minimum atomic E-state index is 0.272. The third-order valence-electron chi connectivity index (χ3n) is 6.64. The van der Waals surface area contributed by atoms with Crippen LogP contribution in [0.3, 0.4) is 0 Å². The second-order valence-corrected chi connectivity index (χ2v) is 9.06. The smallest absolute Gasteiger partial charge is 0.319 e. The fourth-order valence-electron chi connectivity index (χ4n) is 5.15. The summed E-state index contributed by atoms with van der Waals surface area (Å²) in [7, 11) is 1.82. The summed E-state index contributed by atoms with van der Waals surface area (Å²) < 4.78 is 5.58. The van der Waals surface area contributed by atoms with E-state index in [0.717, 1.165) is 78.1 Å². The van der Waals surface area contributed by atoms with Crippen LogP contribution in [0.4, 0.5) is 4.79 Å². The maximum atomic E-state index is 12.7. The van der Waals surface area contributed by atoms with Crippen molar-refractivity contribution in [3.63, 3.8) is 0 Å². The molecule has 4 rings (SSSR count). The zero-order valence-corrected chi connectivity index (χ0v) is 16.7. The van der Waals surface area contributed by atoms with Gasteiger partial charge >= 0.3 is 6.03 Å². The molecule has 5 nitrogen and oxygen atoms in total. The molecular weight excluding hydrogens is 346 g/mol. The van der Waals surface area contributed by atoms with Crippen LogP contribution in [0.15, 0.2) is 16.8 Å². The molecule has 0 aromatic carbocycles. The van der Waals surface area contributed by atoms with E-state index >= 15 is 0 Å². The maximum Gasteiger partial charge on any atom is 0.319 e. The number of methoxy groups -OCH3 is 1. The van der Waals surface area contributed by atoms with Crippen molar-refractivity contribution in [3.05, 3.63) is 22.4 Å². The van der Waals surface area contributed by atoms with Gasteiger partial charge in [-0.25, -0.2) is 4.79 Å². The summed E-state index contributed by atoms with van der Waals surface area (Å²) in [5.41, 5.74) is 1.73. The molecule has 0 saturated carbocycles. The predicted molar refractivity (Wildman–Crippen MR) is 104 cm³/mol. The Bertz CT molecular complexity index is 592. The number of thiophene rings is 1. The van der Waals surface area contributed by atoms with Crippen molar-refractivity contribution in [2.75, 3.05) is 53.0 Å². The van der Waals surface area contributed by atoms with Crippen molar-refractivity contribution in [2.45, 2.75) is 32.2 Å². The summed E-state index contributed by atoms with van der Waals surface area (Å²) >= 11 is 1.78. The molecule has 4 heterocycles. The second kappa shape index (κ2) is 7.87. The number of amides is 2.